The molecule has 0 bridgehead atoms. The highest BCUT2D eigenvalue weighted by Gasteiger charge is 2.16. The molecule has 0 saturated carbocycles. The van der Waals surface area contributed by atoms with Crippen LogP contribution in [0.5, 0.6) is 5.88 Å². The predicted octanol–water partition coefficient (Wildman–Crippen LogP) is 1.29. The number of anilines is 1. The Bertz CT molecular complexity index is 853. The van der Waals surface area contributed by atoms with Gasteiger partial charge in [0.15, 0.2) is 0 Å². The molecule has 1 saturated heterocycles. The van der Waals surface area contributed by atoms with E-state index in [4.69, 9.17) is 15.2 Å². The molecule has 0 atom stereocenters. The second-order valence-corrected chi connectivity index (χ2v) is 6.36. The van der Waals surface area contributed by atoms with Gasteiger partial charge in [0.1, 0.15) is 13.2 Å². The number of amides is 1. The fourth-order valence-electron chi connectivity index (χ4n) is 2.69. The van der Waals surface area contributed by atoms with Gasteiger partial charge in [0.05, 0.1) is 24.6 Å². The third kappa shape index (κ3) is 6.19. The monoisotopic (exact) mass is 399 g/mol. The van der Waals surface area contributed by atoms with E-state index in [0.29, 0.717) is 55.1 Å². The van der Waals surface area contributed by atoms with Crippen molar-refractivity contribution < 1.29 is 14.3 Å². The quantitative estimate of drug-likeness (QED) is 0.480. The minimum atomic E-state index is -0.503. The van der Waals surface area contributed by atoms with Crippen molar-refractivity contribution >= 4 is 17.5 Å². The Morgan fingerprint density at radius 1 is 1.31 bits per heavy atom. The molecule has 2 heterocycles. The number of primary amides is 1. The Hall–Kier alpha value is -3.11. The highest BCUT2D eigenvalue weighted by Crippen LogP contribution is 2.19. The molecule has 1 fully saturated rings. The highest BCUT2D eigenvalue weighted by molar-refractivity contribution is 5.93. The summed E-state index contributed by atoms with van der Waals surface area (Å²) in [7, 11) is 1.86. The number of morpholine rings is 1. The lowest BCUT2D eigenvalue weighted by atomic mass is 10.2. The van der Waals surface area contributed by atoms with Crippen LogP contribution in [-0.2, 0) is 11.3 Å². The topological polar surface area (TPSA) is 127 Å². The van der Waals surface area contributed by atoms with Crippen molar-refractivity contribution in [1.82, 2.24) is 15.3 Å². The molecule has 3 rings (SSSR count). The third-order valence-corrected chi connectivity index (χ3v) is 4.19. The van der Waals surface area contributed by atoms with Crippen LogP contribution in [0, 0.1) is 0 Å². The van der Waals surface area contributed by atoms with Gasteiger partial charge in [-0.25, -0.2) is 4.98 Å². The SMILES string of the molecule is CNCCOc1cc(CN=Nc2cccc(C(N)=O)c2)nc(N2CCOCC2)n1. The standard InChI is InChI=1S/C19H25N7O3/c1-21-5-8-29-17-12-16(23-19(24-17)26-6-9-28-10-7-26)13-22-25-15-4-2-3-14(11-15)18(20)27/h2-4,11-12,21H,5-10,13H2,1H3,(H2,20,27). The van der Waals surface area contributed by atoms with Gasteiger partial charge in [0, 0.05) is 31.3 Å². The van der Waals surface area contributed by atoms with Gasteiger partial charge in [-0.2, -0.15) is 15.2 Å². The largest absolute Gasteiger partial charge is 0.476 e. The molecule has 1 aromatic heterocycles. The first-order valence-corrected chi connectivity index (χ1v) is 9.41. The Morgan fingerprint density at radius 2 is 2.14 bits per heavy atom. The van der Waals surface area contributed by atoms with Crippen LogP contribution in [0.25, 0.3) is 0 Å². The Kier molecular flexibility index (Phi) is 7.42. The maximum absolute atomic E-state index is 11.3. The Labute approximate surface area is 169 Å². The van der Waals surface area contributed by atoms with E-state index in [9.17, 15) is 4.79 Å². The van der Waals surface area contributed by atoms with Gasteiger partial charge in [-0.3, -0.25) is 4.79 Å². The zero-order chi connectivity index (χ0) is 20.5. The first-order valence-electron chi connectivity index (χ1n) is 9.41. The summed E-state index contributed by atoms with van der Waals surface area (Å²) in [6, 6.07) is 8.45. The number of likely N-dealkylation sites (N-methyl/N-ethyl adjacent to an activating group) is 1. The van der Waals surface area contributed by atoms with Crippen LogP contribution in [0.2, 0.25) is 0 Å². The lowest BCUT2D eigenvalue weighted by Crippen LogP contribution is -2.37. The first kappa shape index (κ1) is 20.6. The number of nitrogens with two attached hydrogens (primary N) is 1. The Morgan fingerprint density at radius 3 is 2.90 bits per heavy atom. The first-order chi connectivity index (χ1) is 14.2. The average Bonchev–Trinajstić information content (AvgIpc) is 2.75. The van der Waals surface area contributed by atoms with Crippen molar-refractivity contribution in [2.24, 2.45) is 16.0 Å². The molecule has 0 unspecified atom stereocenters. The highest BCUT2D eigenvalue weighted by atomic mass is 16.5. The van der Waals surface area contributed by atoms with Crippen molar-refractivity contribution in [2.75, 3.05) is 51.4 Å². The summed E-state index contributed by atoms with van der Waals surface area (Å²) in [5, 5.41) is 11.4. The molecule has 3 N–H and O–H groups in total. The maximum Gasteiger partial charge on any atom is 0.248 e. The minimum Gasteiger partial charge on any atom is -0.476 e. The second kappa shape index (κ2) is 10.4. The van der Waals surface area contributed by atoms with Crippen molar-refractivity contribution in [2.45, 2.75) is 6.54 Å². The molecule has 0 spiro atoms. The Balaban J connectivity index is 1.74. The zero-order valence-corrected chi connectivity index (χ0v) is 16.4. The lowest BCUT2D eigenvalue weighted by Gasteiger charge is -2.27. The molecule has 10 nitrogen and oxygen atoms in total. The molecule has 154 valence electrons. The van der Waals surface area contributed by atoms with Crippen LogP contribution in [0.1, 0.15) is 16.1 Å². The van der Waals surface area contributed by atoms with Crippen LogP contribution >= 0.6 is 0 Å². The van der Waals surface area contributed by atoms with Gasteiger partial charge in [-0.15, -0.1) is 0 Å². The fourth-order valence-corrected chi connectivity index (χ4v) is 2.69. The zero-order valence-electron chi connectivity index (χ0n) is 16.4. The van der Waals surface area contributed by atoms with Gasteiger partial charge in [0.25, 0.3) is 0 Å². The smallest absolute Gasteiger partial charge is 0.248 e. The number of carbonyl (C=O) groups is 1. The summed E-state index contributed by atoms with van der Waals surface area (Å²) in [6.07, 6.45) is 0. The van der Waals surface area contributed by atoms with E-state index in [1.165, 1.54) is 0 Å². The normalized spacial score (nSPS) is 14.3. The average molecular weight is 399 g/mol. The number of hydrogen-bond acceptors (Lipinski definition) is 9. The van der Waals surface area contributed by atoms with E-state index < -0.39 is 5.91 Å². The van der Waals surface area contributed by atoms with E-state index in [1.54, 1.807) is 30.3 Å². The molecular weight excluding hydrogens is 374 g/mol. The molecule has 0 radical (unpaired) electrons. The summed E-state index contributed by atoms with van der Waals surface area (Å²) in [5.74, 6) is 0.588. The van der Waals surface area contributed by atoms with E-state index in [1.807, 2.05) is 7.05 Å². The summed E-state index contributed by atoms with van der Waals surface area (Å²) in [6.45, 7) is 4.18. The van der Waals surface area contributed by atoms with Gasteiger partial charge in [-0.1, -0.05) is 6.07 Å². The van der Waals surface area contributed by atoms with E-state index in [-0.39, 0.29) is 6.54 Å². The second-order valence-electron chi connectivity index (χ2n) is 6.36. The van der Waals surface area contributed by atoms with Crippen molar-refractivity contribution in [3.05, 3.63) is 41.6 Å². The molecule has 2 aromatic rings. The molecular formula is C19H25N7O3. The van der Waals surface area contributed by atoms with Crippen molar-refractivity contribution in [3.8, 4) is 5.88 Å². The van der Waals surface area contributed by atoms with E-state index in [0.717, 1.165) is 13.1 Å². The number of benzene rings is 1. The predicted molar refractivity (Wildman–Crippen MR) is 108 cm³/mol. The lowest BCUT2D eigenvalue weighted by molar-refractivity contribution is 0.100. The van der Waals surface area contributed by atoms with Gasteiger partial charge < -0.3 is 25.4 Å². The number of aromatic nitrogens is 2. The number of azo groups is 1. The van der Waals surface area contributed by atoms with Gasteiger partial charge in [-0.05, 0) is 25.2 Å². The molecule has 1 aromatic carbocycles. The summed E-state index contributed by atoms with van der Waals surface area (Å²) in [4.78, 5) is 22.5. The number of nitrogens with zero attached hydrogens (tertiary/aromatic N) is 5. The van der Waals surface area contributed by atoms with Crippen LogP contribution < -0.4 is 20.7 Å². The van der Waals surface area contributed by atoms with Crippen LogP contribution in [0.4, 0.5) is 11.6 Å². The minimum absolute atomic E-state index is 0.253. The molecule has 29 heavy (non-hydrogen) atoms. The molecule has 1 amide bonds. The number of carbonyl (C=O) groups excluding carboxylic acids is 1. The molecule has 10 heteroatoms. The van der Waals surface area contributed by atoms with Gasteiger partial charge >= 0.3 is 0 Å². The van der Waals surface area contributed by atoms with Gasteiger partial charge in [0.2, 0.25) is 17.7 Å². The molecule has 1 aliphatic rings. The maximum atomic E-state index is 11.3. The summed E-state index contributed by atoms with van der Waals surface area (Å²) in [5.41, 5.74) is 6.92. The van der Waals surface area contributed by atoms with Crippen LogP contribution in [-0.4, -0.2) is 62.4 Å². The fraction of sp³-hybridized carbons (Fsp3) is 0.421. The van der Waals surface area contributed by atoms with Crippen molar-refractivity contribution in [3.63, 3.8) is 0 Å². The molecule has 1 aliphatic heterocycles. The van der Waals surface area contributed by atoms with Crippen LogP contribution in [0.3, 0.4) is 0 Å². The number of nitrogens with one attached hydrogen (secondary N) is 1. The molecule has 0 aliphatic carbocycles. The van der Waals surface area contributed by atoms with Crippen LogP contribution in [0.15, 0.2) is 40.6 Å². The number of hydrogen-bond donors (Lipinski definition) is 2. The summed E-state index contributed by atoms with van der Waals surface area (Å²) < 4.78 is 11.1. The number of ether oxygens (including phenoxy) is 2. The van der Waals surface area contributed by atoms with Crippen molar-refractivity contribution in [1.29, 1.82) is 0 Å². The third-order valence-electron chi connectivity index (χ3n) is 4.19. The summed E-state index contributed by atoms with van der Waals surface area (Å²) >= 11 is 0. The van der Waals surface area contributed by atoms with E-state index in [2.05, 4.69) is 30.4 Å². The van der Waals surface area contributed by atoms with E-state index >= 15 is 0 Å². The number of rotatable bonds is 9.